The zero-order valence-corrected chi connectivity index (χ0v) is 16.7. The van der Waals surface area contributed by atoms with E-state index in [0.29, 0.717) is 5.82 Å². The zero-order chi connectivity index (χ0) is 20.4. The Hall–Kier alpha value is -2.93. The molecule has 3 aromatic rings. The van der Waals surface area contributed by atoms with Crippen LogP contribution in [-0.2, 0) is 6.54 Å². The van der Waals surface area contributed by atoms with Gasteiger partial charge < -0.3 is 9.73 Å². The van der Waals surface area contributed by atoms with Gasteiger partial charge in [0.05, 0.1) is 18.8 Å². The molecule has 1 aliphatic heterocycles. The lowest BCUT2D eigenvalue weighted by atomic mass is 10.1. The summed E-state index contributed by atoms with van der Waals surface area (Å²) in [5.41, 5.74) is 1.47. The third-order valence-corrected chi connectivity index (χ3v) is 5.50. The van der Waals surface area contributed by atoms with Crippen molar-refractivity contribution in [3.8, 4) is 0 Å². The molecular weight excluding hydrogens is 371 g/mol. The van der Waals surface area contributed by atoms with Crippen LogP contribution in [0.4, 0.5) is 10.2 Å². The van der Waals surface area contributed by atoms with Crippen molar-refractivity contribution >= 4 is 11.7 Å². The van der Waals surface area contributed by atoms with Crippen molar-refractivity contribution in [2.45, 2.75) is 39.3 Å². The van der Waals surface area contributed by atoms with Gasteiger partial charge in [-0.2, -0.15) is 5.10 Å². The molecule has 4 rings (SSSR count). The Morgan fingerprint density at radius 1 is 1.24 bits per heavy atom. The average molecular weight is 396 g/mol. The Morgan fingerprint density at radius 3 is 2.72 bits per heavy atom. The van der Waals surface area contributed by atoms with E-state index in [4.69, 9.17) is 4.42 Å². The largest absolute Gasteiger partial charge is 0.465 e. The Morgan fingerprint density at radius 2 is 2.03 bits per heavy atom. The number of rotatable bonds is 5. The topological polar surface area (TPSA) is 63.3 Å². The number of amides is 1. The summed E-state index contributed by atoms with van der Waals surface area (Å²) in [7, 11) is 0. The predicted molar refractivity (Wildman–Crippen MR) is 108 cm³/mol. The van der Waals surface area contributed by atoms with Crippen LogP contribution in [0.2, 0.25) is 0 Å². The van der Waals surface area contributed by atoms with Crippen molar-refractivity contribution in [2.24, 2.45) is 0 Å². The van der Waals surface area contributed by atoms with Gasteiger partial charge in [0.2, 0.25) is 0 Å². The average Bonchev–Trinajstić information content (AvgIpc) is 3.28. The van der Waals surface area contributed by atoms with Crippen molar-refractivity contribution in [1.82, 2.24) is 14.7 Å². The number of hydrogen-bond acceptors (Lipinski definition) is 4. The predicted octanol–water partition coefficient (Wildman–Crippen LogP) is 4.32. The maximum Gasteiger partial charge on any atom is 0.256 e. The molecule has 0 spiro atoms. The number of carbonyl (C=O) groups is 1. The number of benzene rings is 1. The van der Waals surface area contributed by atoms with Crippen LogP contribution in [0.15, 0.2) is 47.0 Å². The minimum Gasteiger partial charge on any atom is -0.465 e. The van der Waals surface area contributed by atoms with E-state index in [1.54, 1.807) is 18.3 Å². The van der Waals surface area contributed by atoms with E-state index in [1.807, 2.05) is 11.6 Å². The molecule has 1 saturated heterocycles. The molecule has 0 radical (unpaired) electrons. The van der Waals surface area contributed by atoms with Gasteiger partial charge in [-0.25, -0.2) is 9.07 Å². The highest BCUT2D eigenvalue weighted by atomic mass is 19.1. The number of nitrogens with zero attached hydrogens (tertiary/aromatic N) is 3. The zero-order valence-electron chi connectivity index (χ0n) is 16.7. The molecule has 0 atom stereocenters. The molecule has 0 saturated carbocycles. The second-order valence-electron chi connectivity index (χ2n) is 7.58. The number of aromatic nitrogens is 2. The number of nitrogens with one attached hydrogen (secondary N) is 1. The smallest absolute Gasteiger partial charge is 0.256 e. The molecular formula is C22H25FN4O2. The fraction of sp³-hybridized carbons (Fsp3) is 0.364. The first-order chi connectivity index (χ1) is 14.0. The molecule has 152 valence electrons. The number of furan rings is 1. The maximum absolute atomic E-state index is 13.4. The number of hydrogen-bond donors (Lipinski definition) is 1. The van der Waals surface area contributed by atoms with Crippen molar-refractivity contribution < 1.29 is 13.6 Å². The molecule has 29 heavy (non-hydrogen) atoms. The van der Waals surface area contributed by atoms with Gasteiger partial charge in [-0.1, -0.05) is 6.07 Å². The number of piperidine rings is 1. The number of carbonyl (C=O) groups excluding carboxylic acids is 1. The lowest BCUT2D eigenvalue weighted by Gasteiger charge is -2.32. The van der Waals surface area contributed by atoms with E-state index < -0.39 is 5.82 Å². The van der Waals surface area contributed by atoms with Crippen LogP contribution in [0.3, 0.4) is 0 Å². The Labute approximate surface area is 169 Å². The summed E-state index contributed by atoms with van der Waals surface area (Å²) in [6.07, 6.45) is 3.55. The van der Waals surface area contributed by atoms with E-state index >= 15 is 0 Å². The van der Waals surface area contributed by atoms with Crippen LogP contribution >= 0.6 is 0 Å². The van der Waals surface area contributed by atoms with Gasteiger partial charge in [0, 0.05) is 24.7 Å². The normalized spacial score (nSPS) is 15.6. The number of likely N-dealkylation sites (tertiary alicyclic amines) is 1. The van der Waals surface area contributed by atoms with Gasteiger partial charge in [0.25, 0.3) is 5.91 Å². The first-order valence-electron chi connectivity index (χ1n) is 9.88. The Bertz CT molecular complexity index is 982. The molecule has 7 heteroatoms. The van der Waals surface area contributed by atoms with Gasteiger partial charge in [-0.3, -0.25) is 9.69 Å². The van der Waals surface area contributed by atoms with Gasteiger partial charge in [-0.05, 0) is 56.5 Å². The third kappa shape index (κ3) is 4.40. The van der Waals surface area contributed by atoms with Crippen LogP contribution in [0.25, 0.3) is 0 Å². The van der Waals surface area contributed by atoms with Crippen LogP contribution < -0.4 is 5.32 Å². The summed E-state index contributed by atoms with van der Waals surface area (Å²) in [4.78, 5) is 14.8. The minimum absolute atomic E-state index is 0.212. The maximum atomic E-state index is 13.4. The molecule has 1 amide bonds. The summed E-state index contributed by atoms with van der Waals surface area (Å²) in [6, 6.07) is 9.76. The van der Waals surface area contributed by atoms with Crippen molar-refractivity contribution in [3.63, 3.8) is 0 Å². The number of aryl methyl sites for hydroxylation is 2. The highest BCUT2D eigenvalue weighted by Gasteiger charge is 2.24. The Kier molecular flexibility index (Phi) is 5.49. The molecule has 1 fully saturated rings. The fourth-order valence-electron chi connectivity index (χ4n) is 3.79. The summed E-state index contributed by atoms with van der Waals surface area (Å²) < 4.78 is 21.1. The number of anilines is 1. The molecule has 0 bridgehead atoms. The van der Waals surface area contributed by atoms with Crippen LogP contribution in [0, 0.1) is 19.7 Å². The first-order valence-corrected chi connectivity index (χ1v) is 9.88. The van der Waals surface area contributed by atoms with E-state index in [2.05, 4.69) is 28.3 Å². The first kappa shape index (κ1) is 19.4. The van der Waals surface area contributed by atoms with Gasteiger partial charge in [-0.15, -0.1) is 0 Å². The van der Waals surface area contributed by atoms with Gasteiger partial charge >= 0.3 is 0 Å². The molecule has 0 unspecified atom stereocenters. The van der Waals surface area contributed by atoms with Crippen molar-refractivity contribution in [2.75, 3.05) is 18.4 Å². The molecule has 1 aromatic carbocycles. The monoisotopic (exact) mass is 396 g/mol. The van der Waals surface area contributed by atoms with Crippen molar-refractivity contribution in [1.29, 1.82) is 0 Å². The second kappa shape index (κ2) is 8.21. The molecule has 3 heterocycles. The van der Waals surface area contributed by atoms with Crippen LogP contribution in [-0.4, -0.2) is 33.7 Å². The van der Waals surface area contributed by atoms with Crippen LogP contribution in [0.5, 0.6) is 0 Å². The lowest BCUT2D eigenvalue weighted by Crippen LogP contribution is -2.34. The van der Waals surface area contributed by atoms with E-state index in [1.165, 1.54) is 23.8 Å². The quantitative estimate of drug-likeness (QED) is 0.698. The summed E-state index contributed by atoms with van der Waals surface area (Å²) >= 11 is 0. The van der Waals surface area contributed by atoms with Crippen LogP contribution in [0.1, 0.15) is 46.3 Å². The summed E-state index contributed by atoms with van der Waals surface area (Å²) in [6.45, 7) is 6.72. The SMILES string of the molecule is Cc1cc(CN2CCC(n3nccc3NC(=O)c3cccc(F)c3)CC2)oc1C. The lowest BCUT2D eigenvalue weighted by molar-refractivity contribution is 0.102. The molecule has 6 nitrogen and oxygen atoms in total. The van der Waals surface area contributed by atoms with E-state index in [9.17, 15) is 9.18 Å². The highest BCUT2D eigenvalue weighted by Crippen LogP contribution is 2.27. The third-order valence-electron chi connectivity index (χ3n) is 5.50. The van der Waals surface area contributed by atoms with Crippen molar-refractivity contribution in [3.05, 3.63) is 71.1 Å². The standard InChI is InChI=1S/C22H25FN4O2/c1-15-12-20(29-16(15)2)14-26-10-7-19(8-11-26)27-21(6-9-24-27)25-22(28)17-4-3-5-18(23)13-17/h3-6,9,12-13,19H,7-8,10-11,14H2,1-2H3,(H,25,28). The molecule has 2 aromatic heterocycles. The van der Waals surface area contributed by atoms with E-state index in [-0.39, 0.29) is 17.5 Å². The molecule has 1 N–H and O–H groups in total. The highest BCUT2D eigenvalue weighted by molar-refractivity contribution is 6.03. The minimum atomic E-state index is -0.430. The number of halogens is 1. The van der Waals surface area contributed by atoms with Gasteiger partial charge in [0.15, 0.2) is 0 Å². The fourth-order valence-corrected chi connectivity index (χ4v) is 3.79. The summed E-state index contributed by atoms with van der Waals surface area (Å²) in [5, 5.41) is 7.28. The van der Waals surface area contributed by atoms with E-state index in [0.717, 1.165) is 44.0 Å². The second-order valence-corrected chi connectivity index (χ2v) is 7.58. The molecule has 1 aliphatic rings. The molecule has 0 aliphatic carbocycles. The Balaban J connectivity index is 1.37. The summed E-state index contributed by atoms with van der Waals surface area (Å²) in [5.74, 6) is 1.84. The van der Waals surface area contributed by atoms with Gasteiger partial charge in [0.1, 0.15) is 23.2 Å².